The molecule has 2 aromatic rings. The van der Waals surface area contributed by atoms with Gasteiger partial charge in [0.15, 0.2) is 0 Å². The molecule has 85 valence electrons. The molecule has 1 radical (unpaired) electrons. The fourth-order valence-corrected chi connectivity index (χ4v) is 1.54. The summed E-state index contributed by atoms with van der Waals surface area (Å²) < 4.78 is 5.67. The van der Waals surface area contributed by atoms with Crippen LogP contribution in [0.2, 0.25) is 0 Å². The maximum absolute atomic E-state index is 10.8. The molecule has 2 aromatic carbocycles. The third kappa shape index (κ3) is 3.08. The highest BCUT2D eigenvalue weighted by atomic mass is 16.5. The molecule has 0 spiro atoms. The smallest absolute Gasteiger partial charge is 0.242 e. The van der Waals surface area contributed by atoms with Crippen LogP contribution in [0.15, 0.2) is 54.6 Å². The average molecular weight is 226 g/mol. The van der Waals surface area contributed by atoms with Crippen molar-refractivity contribution in [2.45, 2.75) is 6.42 Å². The Balaban J connectivity index is 2.23. The molecule has 0 atom stereocenters. The second-order valence-corrected chi connectivity index (χ2v) is 3.62. The fraction of sp³-hybridized carbons (Fsp3) is 0.0714. The number of carbonyl (C=O) groups excluding carboxylic acids is 1. The molecule has 0 aliphatic heterocycles. The van der Waals surface area contributed by atoms with Crippen LogP contribution in [-0.2, 0) is 11.2 Å². The Labute approximate surface area is 99.8 Å². The van der Waals surface area contributed by atoms with E-state index in [4.69, 9.17) is 10.5 Å². The van der Waals surface area contributed by atoms with E-state index in [1.54, 1.807) is 12.1 Å². The van der Waals surface area contributed by atoms with Crippen LogP contribution in [0, 0.1) is 0 Å². The molecule has 0 heterocycles. The van der Waals surface area contributed by atoms with Gasteiger partial charge in [-0.3, -0.25) is 10.5 Å². The lowest BCUT2D eigenvalue weighted by Crippen LogP contribution is -2.03. The summed E-state index contributed by atoms with van der Waals surface area (Å²) in [5.74, 6) is 0.728. The Morgan fingerprint density at radius 1 is 1.00 bits per heavy atom. The highest BCUT2D eigenvalue weighted by Crippen LogP contribution is 2.25. The van der Waals surface area contributed by atoms with Gasteiger partial charge in [-0.2, -0.15) is 0 Å². The van der Waals surface area contributed by atoms with Gasteiger partial charge in [0.05, 0.1) is 6.42 Å². The Morgan fingerprint density at radius 3 is 2.35 bits per heavy atom. The Bertz CT molecular complexity index is 509. The first kappa shape index (κ1) is 11.2. The van der Waals surface area contributed by atoms with E-state index in [0.717, 1.165) is 11.3 Å². The zero-order chi connectivity index (χ0) is 12.1. The van der Waals surface area contributed by atoms with Crippen molar-refractivity contribution < 1.29 is 9.53 Å². The van der Waals surface area contributed by atoms with E-state index in [2.05, 4.69) is 0 Å². The van der Waals surface area contributed by atoms with Crippen LogP contribution in [0.4, 0.5) is 0 Å². The van der Waals surface area contributed by atoms with E-state index in [1.165, 1.54) is 0 Å². The zero-order valence-electron chi connectivity index (χ0n) is 9.22. The van der Waals surface area contributed by atoms with Gasteiger partial charge in [-0.15, -0.1) is 0 Å². The average Bonchev–Trinajstić information content (AvgIpc) is 2.32. The third-order valence-electron chi connectivity index (χ3n) is 2.29. The van der Waals surface area contributed by atoms with Crippen molar-refractivity contribution in [1.29, 1.82) is 0 Å². The van der Waals surface area contributed by atoms with Crippen LogP contribution in [0.1, 0.15) is 5.56 Å². The van der Waals surface area contributed by atoms with Gasteiger partial charge in [0.2, 0.25) is 5.91 Å². The van der Waals surface area contributed by atoms with Crippen LogP contribution in [0.5, 0.6) is 11.5 Å². The first-order valence-electron chi connectivity index (χ1n) is 5.31. The molecule has 17 heavy (non-hydrogen) atoms. The van der Waals surface area contributed by atoms with E-state index < -0.39 is 5.91 Å². The predicted octanol–water partition coefficient (Wildman–Crippen LogP) is 2.83. The first-order chi connectivity index (χ1) is 8.25. The van der Waals surface area contributed by atoms with Gasteiger partial charge in [-0.1, -0.05) is 36.4 Å². The lowest BCUT2D eigenvalue weighted by molar-refractivity contribution is -0.118. The number of benzene rings is 2. The molecule has 0 saturated carbocycles. The number of amides is 1. The van der Waals surface area contributed by atoms with E-state index in [-0.39, 0.29) is 6.42 Å². The van der Waals surface area contributed by atoms with Gasteiger partial charge in [0, 0.05) is 5.56 Å². The van der Waals surface area contributed by atoms with Gasteiger partial charge in [0.25, 0.3) is 0 Å². The summed E-state index contributed by atoms with van der Waals surface area (Å²) in [7, 11) is 0. The van der Waals surface area contributed by atoms with Crippen molar-refractivity contribution in [2.75, 3.05) is 0 Å². The highest BCUT2D eigenvalue weighted by molar-refractivity contribution is 5.76. The minimum absolute atomic E-state index is 0.0724. The molecule has 0 bridgehead atoms. The molecule has 3 heteroatoms. The summed E-state index contributed by atoms with van der Waals surface area (Å²) in [6.45, 7) is 0. The second-order valence-electron chi connectivity index (χ2n) is 3.62. The van der Waals surface area contributed by atoms with Crippen LogP contribution in [0.3, 0.4) is 0 Å². The van der Waals surface area contributed by atoms with Gasteiger partial charge in [-0.25, -0.2) is 0 Å². The highest BCUT2D eigenvalue weighted by Gasteiger charge is 2.07. The van der Waals surface area contributed by atoms with Gasteiger partial charge in [-0.05, 0) is 18.2 Å². The van der Waals surface area contributed by atoms with Crippen molar-refractivity contribution in [3.63, 3.8) is 0 Å². The van der Waals surface area contributed by atoms with Crippen LogP contribution in [0.25, 0.3) is 0 Å². The number of hydrogen-bond donors (Lipinski definition) is 0. The number of rotatable bonds is 4. The van der Waals surface area contributed by atoms with Crippen molar-refractivity contribution in [3.05, 3.63) is 60.2 Å². The van der Waals surface area contributed by atoms with Crippen LogP contribution < -0.4 is 10.5 Å². The van der Waals surface area contributed by atoms with Crippen molar-refractivity contribution >= 4 is 5.91 Å². The second kappa shape index (κ2) is 5.16. The van der Waals surface area contributed by atoms with E-state index in [9.17, 15) is 4.79 Å². The molecular formula is C14H12NO2. The summed E-state index contributed by atoms with van der Waals surface area (Å²) in [5.41, 5.74) is 7.73. The fourth-order valence-electron chi connectivity index (χ4n) is 1.54. The summed E-state index contributed by atoms with van der Waals surface area (Å²) in [6.07, 6.45) is 0.0724. The summed E-state index contributed by atoms with van der Waals surface area (Å²) in [4.78, 5) is 10.8. The van der Waals surface area contributed by atoms with E-state index >= 15 is 0 Å². The molecule has 0 aliphatic rings. The molecule has 1 amide bonds. The van der Waals surface area contributed by atoms with Crippen LogP contribution >= 0.6 is 0 Å². The van der Waals surface area contributed by atoms with Crippen molar-refractivity contribution in [2.24, 2.45) is 0 Å². The molecule has 3 nitrogen and oxygen atoms in total. The topological polar surface area (TPSA) is 50.1 Å². The molecular weight excluding hydrogens is 214 g/mol. The summed E-state index contributed by atoms with van der Waals surface area (Å²) in [6, 6.07) is 16.6. The van der Waals surface area contributed by atoms with Gasteiger partial charge >= 0.3 is 0 Å². The van der Waals surface area contributed by atoms with Gasteiger partial charge < -0.3 is 4.74 Å². The molecule has 0 fully saturated rings. The molecule has 2 rings (SSSR count). The molecule has 0 aliphatic carbocycles. The van der Waals surface area contributed by atoms with Gasteiger partial charge in [0.1, 0.15) is 11.5 Å². The summed E-state index contributed by atoms with van der Waals surface area (Å²) in [5, 5.41) is 0. The normalized spacial score (nSPS) is 9.88. The maximum Gasteiger partial charge on any atom is 0.242 e. The van der Waals surface area contributed by atoms with Crippen LogP contribution in [-0.4, -0.2) is 5.91 Å². The monoisotopic (exact) mass is 226 g/mol. The molecule has 0 aromatic heterocycles. The Hall–Kier alpha value is -2.29. The standard InChI is InChI=1S/C14H12NO2/c15-14(16)10-11-6-4-5-9-13(11)17-12-7-2-1-3-8-12/h1-9,15H,10H2. The van der Waals surface area contributed by atoms with E-state index in [0.29, 0.717) is 5.75 Å². The number of para-hydroxylation sites is 2. The number of nitrogens with one attached hydrogen (secondary N) is 1. The largest absolute Gasteiger partial charge is 0.457 e. The molecule has 0 saturated heterocycles. The minimum Gasteiger partial charge on any atom is -0.457 e. The SMILES string of the molecule is [NH]C(=O)Cc1ccccc1Oc1ccccc1. The Kier molecular flexibility index (Phi) is 3.40. The quantitative estimate of drug-likeness (QED) is 0.804. The predicted molar refractivity (Wildman–Crippen MR) is 64.8 cm³/mol. The first-order valence-corrected chi connectivity index (χ1v) is 5.31. The third-order valence-corrected chi connectivity index (χ3v) is 2.29. The molecule has 0 unspecified atom stereocenters. The lowest BCUT2D eigenvalue weighted by Gasteiger charge is -2.09. The zero-order valence-corrected chi connectivity index (χ0v) is 9.22. The Morgan fingerprint density at radius 2 is 1.65 bits per heavy atom. The van der Waals surface area contributed by atoms with Crippen molar-refractivity contribution in [1.82, 2.24) is 5.73 Å². The lowest BCUT2D eigenvalue weighted by atomic mass is 10.1. The van der Waals surface area contributed by atoms with Crippen molar-refractivity contribution in [3.8, 4) is 11.5 Å². The number of carbonyl (C=O) groups is 1. The minimum atomic E-state index is -0.617. The number of ether oxygens (including phenoxy) is 1. The summed E-state index contributed by atoms with van der Waals surface area (Å²) >= 11 is 0. The molecule has 1 N–H and O–H groups in total. The number of hydrogen-bond acceptors (Lipinski definition) is 2. The maximum atomic E-state index is 10.8. The van der Waals surface area contributed by atoms with E-state index in [1.807, 2.05) is 42.5 Å².